The second kappa shape index (κ2) is 5.64. The van der Waals surface area contributed by atoms with Gasteiger partial charge in [0.2, 0.25) is 0 Å². The molecule has 0 aromatic heterocycles. The molecule has 0 spiro atoms. The van der Waals surface area contributed by atoms with Gasteiger partial charge in [-0.25, -0.2) is 0 Å². The summed E-state index contributed by atoms with van der Waals surface area (Å²) in [7, 11) is 0. The maximum Gasteiger partial charge on any atom is 0.307 e. The fourth-order valence-corrected chi connectivity index (χ4v) is 1.91. The Morgan fingerprint density at radius 1 is 1.56 bits per heavy atom. The molecule has 1 aliphatic heterocycles. The van der Waals surface area contributed by atoms with Crippen LogP contribution in [0.25, 0.3) is 0 Å². The van der Waals surface area contributed by atoms with Crippen molar-refractivity contribution < 1.29 is 14.3 Å². The van der Waals surface area contributed by atoms with E-state index in [0.29, 0.717) is 19.6 Å². The van der Waals surface area contributed by atoms with Crippen LogP contribution < -0.4 is 5.73 Å². The number of esters is 1. The van der Waals surface area contributed by atoms with E-state index >= 15 is 0 Å². The fourth-order valence-electron chi connectivity index (χ4n) is 1.91. The third kappa shape index (κ3) is 5.47. The maximum absolute atomic E-state index is 11.5. The van der Waals surface area contributed by atoms with Gasteiger partial charge in [-0.15, -0.1) is 0 Å². The van der Waals surface area contributed by atoms with Crippen molar-refractivity contribution in [2.24, 2.45) is 11.1 Å². The molecule has 1 heterocycles. The van der Waals surface area contributed by atoms with Gasteiger partial charge in [0.15, 0.2) is 0 Å². The van der Waals surface area contributed by atoms with Gasteiger partial charge in [0, 0.05) is 12.5 Å². The van der Waals surface area contributed by atoms with Crippen LogP contribution in [0.15, 0.2) is 0 Å². The molecule has 2 N–H and O–H groups in total. The molecule has 0 bridgehead atoms. The predicted octanol–water partition coefficient (Wildman–Crippen LogP) is 1.47. The molecule has 0 aromatic rings. The standard InChI is InChI=1S/C12H23NO3/c1-12(2,3)7-9(13)6-11(14)16-10-4-5-15-8-10/h9-10H,4-8,13H2,1-3H3. The number of carbonyl (C=O) groups excluding carboxylic acids is 1. The van der Waals surface area contributed by atoms with Gasteiger partial charge in [0.1, 0.15) is 6.10 Å². The number of carbonyl (C=O) groups is 1. The minimum absolute atomic E-state index is 0.0608. The molecule has 1 rings (SSSR count). The van der Waals surface area contributed by atoms with Crippen LogP contribution in [0.1, 0.15) is 40.0 Å². The van der Waals surface area contributed by atoms with Crippen molar-refractivity contribution >= 4 is 5.97 Å². The van der Waals surface area contributed by atoms with Crippen molar-refractivity contribution in [3.05, 3.63) is 0 Å². The minimum atomic E-state index is -0.202. The van der Waals surface area contributed by atoms with Gasteiger partial charge < -0.3 is 15.2 Å². The van der Waals surface area contributed by atoms with E-state index in [2.05, 4.69) is 20.8 Å². The van der Waals surface area contributed by atoms with Crippen molar-refractivity contribution in [1.82, 2.24) is 0 Å². The highest BCUT2D eigenvalue weighted by atomic mass is 16.6. The highest BCUT2D eigenvalue weighted by Crippen LogP contribution is 2.21. The van der Waals surface area contributed by atoms with E-state index < -0.39 is 0 Å². The highest BCUT2D eigenvalue weighted by Gasteiger charge is 2.23. The van der Waals surface area contributed by atoms with E-state index in [1.54, 1.807) is 0 Å². The van der Waals surface area contributed by atoms with Crippen LogP contribution in [0.5, 0.6) is 0 Å². The molecular weight excluding hydrogens is 206 g/mol. The molecule has 16 heavy (non-hydrogen) atoms. The molecule has 4 heteroatoms. The number of rotatable bonds is 4. The van der Waals surface area contributed by atoms with Crippen LogP contribution in [0.2, 0.25) is 0 Å². The van der Waals surface area contributed by atoms with Gasteiger partial charge in [-0.2, -0.15) is 0 Å². The molecule has 1 saturated heterocycles. The zero-order valence-electron chi connectivity index (χ0n) is 10.5. The number of hydrogen-bond acceptors (Lipinski definition) is 4. The molecular formula is C12H23NO3. The van der Waals surface area contributed by atoms with Gasteiger partial charge in [0.05, 0.1) is 19.6 Å². The summed E-state index contributed by atoms with van der Waals surface area (Å²) in [4.78, 5) is 11.5. The topological polar surface area (TPSA) is 61.6 Å². The Balaban J connectivity index is 2.22. The lowest BCUT2D eigenvalue weighted by Gasteiger charge is -2.22. The van der Waals surface area contributed by atoms with Gasteiger partial charge in [0.25, 0.3) is 0 Å². The highest BCUT2D eigenvalue weighted by molar-refractivity contribution is 5.70. The van der Waals surface area contributed by atoms with Crippen LogP contribution in [0, 0.1) is 5.41 Å². The lowest BCUT2D eigenvalue weighted by atomic mass is 9.87. The van der Waals surface area contributed by atoms with Crippen molar-refractivity contribution in [1.29, 1.82) is 0 Å². The summed E-state index contributed by atoms with van der Waals surface area (Å²) in [5, 5.41) is 0. The van der Waals surface area contributed by atoms with E-state index in [0.717, 1.165) is 12.8 Å². The Morgan fingerprint density at radius 3 is 2.75 bits per heavy atom. The zero-order chi connectivity index (χ0) is 12.2. The lowest BCUT2D eigenvalue weighted by molar-refractivity contribution is -0.149. The predicted molar refractivity (Wildman–Crippen MR) is 62.0 cm³/mol. The SMILES string of the molecule is CC(C)(C)CC(N)CC(=O)OC1CCOC1. The minimum Gasteiger partial charge on any atom is -0.460 e. The summed E-state index contributed by atoms with van der Waals surface area (Å²) in [6.45, 7) is 7.56. The van der Waals surface area contributed by atoms with E-state index in [1.165, 1.54) is 0 Å². The fraction of sp³-hybridized carbons (Fsp3) is 0.917. The summed E-state index contributed by atoms with van der Waals surface area (Å²) >= 11 is 0. The molecule has 0 radical (unpaired) electrons. The molecule has 0 aromatic carbocycles. The van der Waals surface area contributed by atoms with Gasteiger partial charge >= 0.3 is 5.97 Å². The second-order valence-electron chi connectivity index (χ2n) is 5.70. The molecule has 2 atom stereocenters. The van der Waals surface area contributed by atoms with Crippen molar-refractivity contribution in [2.75, 3.05) is 13.2 Å². The zero-order valence-corrected chi connectivity index (χ0v) is 10.5. The van der Waals surface area contributed by atoms with Gasteiger partial charge in [-0.1, -0.05) is 20.8 Å². The first-order chi connectivity index (χ1) is 7.37. The summed E-state index contributed by atoms with van der Waals surface area (Å²) in [5.41, 5.74) is 6.05. The molecule has 1 fully saturated rings. The van der Waals surface area contributed by atoms with Crippen molar-refractivity contribution in [2.45, 2.75) is 52.2 Å². The summed E-state index contributed by atoms with van der Waals surface area (Å²) < 4.78 is 10.4. The Morgan fingerprint density at radius 2 is 2.25 bits per heavy atom. The van der Waals surface area contributed by atoms with E-state index in [9.17, 15) is 4.79 Å². The summed E-state index contributed by atoms with van der Waals surface area (Å²) in [5.74, 6) is -0.202. The molecule has 1 aliphatic rings. The first kappa shape index (κ1) is 13.5. The van der Waals surface area contributed by atoms with Crippen LogP contribution >= 0.6 is 0 Å². The first-order valence-electron chi connectivity index (χ1n) is 5.89. The van der Waals surface area contributed by atoms with Gasteiger partial charge in [-0.3, -0.25) is 4.79 Å². The first-order valence-corrected chi connectivity index (χ1v) is 5.89. The molecule has 2 unspecified atom stereocenters. The van der Waals surface area contributed by atoms with E-state index in [1.807, 2.05) is 0 Å². The third-order valence-corrected chi connectivity index (χ3v) is 2.49. The van der Waals surface area contributed by atoms with E-state index in [4.69, 9.17) is 15.2 Å². The summed E-state index contributed by atoms with van der Waals surface area (Å²) in [6.07, 6.45) is 1.87. The Kier molecular flexibility index (Phi) is 4.74. The average Bonchev–Trinajstić information content (AvgIpc) is 2.51. The number of nitrogens with two attached hydrogens (primary N) is 1. The maximum atomic E-state index is 11.5. The Labute approximate surface area is 97.5 Å². The van der Waals surface area contributed by atoms with Crippen LogP contribution in [-0.2, 0) is 14.3 Å². The molecule has 94 valence electrons. The summed E-state index contributed by atoms with van der Waals surface area (Å²) in [6, 6.07) is -0.116. The molecule has 4 nitrogen and oxygen atoms in total. The normalized spacial score (nSPS) is 23.1. The third-order valence-electron chi connectivity index (χ3n) is 2.49. The average molecular weight is 229 g/mol. The van der Waals surface area contributed by atoms with Gasteiger partial charge in [-0.05, 0) is 11.8 Å². The monoisotopic (exact) mass is 229 g/mol. The number of ether oxygens (including phenoxy) is 2. The molecule has 0 aliphatic carbocycles. The number of hydrogen-bond donors (Lipinski definition) is 1. The van der Waals surface area contributed by atoms with Crippen LogP contribution in [0.4, 0.5) is 0 Å². The quantitative estimate of drug-likeness (QED) is 0.742. The van der Waals surface area contributed by atoms with Crippen LogP contribution in [-0.4, -0.2) is 31.3 Å². The van der Waals surface area contributed by atoms with Crippen molar-refractivity contribution in [3.63, 3.8) is 0 Å². The Hall–Kier alpha value is -0.610. The Bertz CT molecular complexity index is 229. The van der Waals surface area contributed by atoms with Crippen molar-refractivity contribution in [3.8, 4) is 0 Å². The van der Waals surface area contributed by atoms with Crippen LogP contribution in [0.3, 0.4) is 0 Å². The second-order valence-corrected chi connectivity index (χ2v) is 5.70. The molecule has 0 amide bonds. The smallest absolute Gasteiger partial charge is 0.307 e. The van der Waals surface area contributed by atoms with E-state index in [-0.39, 0.29) is 23.5 Å². The largest absolute Gasteiger partial charge is 0.460 e. The molecule has 0 saturated carbocycles. The lowest BCUT2D eigenvalue weighted by Crippen LogP contribution is -2.31.